The van der Waals surface area contributed by atoms with E-state index in [1.807, 2.05) is 11.3 Å². The zero-order valence-corrected chi connectivity index (χ0v) is 12.9. The Kier molecular flexibility index (Phi) is 4.44. The highest BCUT2D eigenvalue weighted by Crippen LogP contribution is 2.41. The molecule has 1 unspecified atom stereocenters. The van der Waals surface area contributed by atoms with Gasteiger partial charge < -0.3 is 5.32 Å². The van der Waals surface area contributed by atoms with Crippen LogP contribution in [0.4, 0.5) is 0 Å². The summed E-state index contributed by atoms with van der Waals surface area (Å²) in [5.74, 6) is 1.46. The monoisotopic (exact) mass is 266 g/mol. The summed E-state index contributed by atoms with van der Waals surface area (Å²) in [6, 6.07) is 0. The molecule has 2 nitrogen and oxygen atoms in total. The number of hydrogen-bond donors (Lipinski definition) is 1. The van der Waals surface area contributed by atoms with E-state index < -0.39 is 0 Å². The minimum Gasteiger partial charge on any atom is -0.306 e. The Balaban J connectivity index is 2.14. The number of aromatic nitrogens is 1. The van der Waals surface area contributed by atoms with E-state index in [1.54, 1.807) is 0 Å². The molecule has 0 spiro atoms. The third-order valence-corrected chi connectivity index (χ3v) is 4.87. The van der Waals surface area contributed by atoms with E-state index in [1.165, 1.54) is 36.4 Å². The Hall–Kier alpha value is -0.410. The molecule has 0 aliphatic heterocycles. The molecule has 0 aromatic carbocycles. The average molecular weight is 266 g/mol. The van der Waals surface area contributed by atoms with Crippen molar-refractivity contribution in [1.82, 2.24) is 10.3 Å². The lowest BCUT2D eigenvalue weighted by Crippen LogP contribution is -2.40. The minimum absolute atomic E-state index is 0.0922. The van der Waals surface area contributed by atoms with Gasteiger partial charge in [0.15, 0.2) is 0 Å². The zero-order valence-electron chi connectivity index (χ0n) is 12.1. The van der Waals surface area contributed by atoms with Gasteiger partial charge in [-0.05, 0) is 38.1 Å². The van der Waals surface area contributed by atoms with Gasteiger partial charge in [0.25, 0.3) is 0 Å². The molecule has 1 saturated carbocycles. The number of rotatable bonds is 7. The molecule has 0 radical (unpaired) electrons. The van der Waals surface area contributed by atoms with Crippen LogP contribution in [-0.4, -0.2) is 11.5 Å². The second kappa shape index (κ2) is 5.70. The van der Waals surface area contributed by atoms with Gasteiger partial charge in [0.05, 0.1) is 11.2 Å². The van der Waals surface area contributed by atoms with Crippen molar-refractivity contribution in [3.8, 4) is 0 Å². The van der Waals surface area contributed by atoms with Crippen LogP contribution in [0.25, 0.3) is 0 Å². The van der Waals surface area contributed by atoms with Gasteiger partial charge in [0.2, 0.25) is 0 Å². The van der Waals surface area contributed by atoms with Crippen molar-refractivity contribution in [3.63, 3.8) is 0 Å². The Bertz CT molecular complexity index is 382. The molecule has 0 amide bonds. The molecule has 1 atom stereocenters. The summed E-state index contributed by atoms with van der Waals surface area (Å²) in [5.41, 5.74) is 1.34. The smallest absolute Gasteiger partial charge is 0.113 e. The molecular weight excluding hydrogens is 240 g/mol. The molecule has 102 valence electrons. The lowest BCUT2D eigenvalue weighted by atomic mass is 9.95. The molecule has 1 aromatic rings. The molecule has 1 aliphatic carbocycles. The second-order valence-corrected chi connectivity index (χ2v) is 7.00. The van der Waals surface area contributed by atoms with Crippen molar-refractivity contribution in [2.45, 2.75) is 64.8 Å². The molecule has 18 heavy (non-hydrogen) atoms. The first-order chi connectivity index (χ1) is 8.55. The van der Waals surface area contributed by atoms with Crippen LogP contribution < -0.4 is 5.32 Å². The van der Waals surface area contributed by atoms with E-state index in [4.69, 9.17) is 4.98 Å². The predicted molar refractivity (Wildman–Crippen MR) is 79.2 cm³/mol. The van der Waals surface area contributed by atoms with Crippen LogP contribution in [0.15, 0.2) is 5.38 Å². The van der Waals surface area contributed by atoms with Gasteiger partial charge in [0.1, 0.15) is 5.01 Å². The van der Waals surface area contributed by atoms with E-state index in [0.29, 0.717) is 5.92 Å². The topological polar surface area (TPSA) is 24.9 Å². The Labute approximate surface area is 115 Å². The molecule has 1 aromatic heterocycles. The number of nitrogens with zero attached hydrogens (tertiary/aromatic N) is 1. The van der Waals surface area contributed by atoms with Crippen molar-refractivity contribution >= 4 is 11.3 Å². The Morgan fingerprint density at radius 3 is 2.72 bits per heavy atom. The maximum atomic E-state index is 4.87. The summed E-state index contributed by atoms with van der Waals surface area (Å²) in [4.78, 5) is 4.87. The number of nitrogens with one attached hydrogen (secondary N) is 1. The fourth-order valence-corrected chi connectivity index (χ4v) is 3.47. The molecule has 2 rings (SSSR count). The van der Waals surface area contributed by atoms with E-state index in [2.05, 4.69) is 38.4 Å². The third kappa shape index (κ3) is 3.33. The highest BCUT2D eigenvalue weighted by Gasteiger charge is 2.36. The third-order valence-electron chi connectivity index (χ3n) is 3.74. The molecule has 1 heterocycles. The summed E-state index contributed by atoms with van der Waals surface area (Å²) in [5, 5.41) is 7.25. The zero-order chi connectivity index (χ0) is 13.2. The van der Waals surface area contributed by atoms with Crippen molar-refractivity contribution in [3.05, 3.63) is 16.1 Å². The molecule has 0 saturated heterocycles. The predicted octanol–water partition coefficient (Wildman–Crippen LogP) is 4.28. The van der Waals surface area contributed by atoms with Crippen molar-refractivity contribution in [2.24, 2.45) is 5.92 Å². The lowest BCUT2D eigenvalue weighted by Gasteiger charge is -2.29. The summed E-state index contributed by atoms with van der Waals surface area (Å²) in [6.07, 6.45) is 5.25. The van der Waals surface area contributed by atoms with Gasteiger partial charge in [-0.1, -0.05) is 33.6 Å². The maximum absolute atomic E-state index is 4.87. The number of hydrogen-bond acceptors (Lipinski definition) is 3. The molecule has 1 fully saturated rings. The van der Waals surface area contributed by atoms with Gasteiger partial charge >= 0.3 is 0 Å². The quantitative estimate of drug-likeness (QED) is 0.796. The van der Waals surface area contributed by atoms with Crippen LogP contribution in [0.3, 0.4) is 0 Å². The molecule has 0 bridgehead atoms. The molecular formula is C15H26N2S. The van der Waals surface area contributed by atoms with E-state index in [0.717, 1.165) is 12.5 Å². The first kappa shape index (κ1) is 14.0. The van der Waals surface area contributed by atoms with E-state index in [9.17, 15) is 0 Å². The van der Waals surface area contributed by atoms with Gasteiger partial charge in [-0.3, -0.25) is 0 Å². The van der Waals surface area contributed by atoms with E-state index in [-0.39, 0.29) is 5.54 Å². The largest absolute Gasteiger partial charge is 0.306 e. The lowest BCUT2D eigenvalue weighted by molar-refractivity contribution is 0.321. The summed E-state index contributed by atoms with van der Waals surface area (Å²) < 4.78 is 0. The standard InChI is InChI=1S/C15H26N2S/c1-5-8-16-15(4,9-12-6-7-12)14-17-13(10-18-14)11(2)3/h10-12,16H,5-9H2,1-4H3. The Morgan fingerprint density at radius 1 is 1.50 bits per heavy atom. The van der Waals surface area contributed by atoms with Crippen LogP contribution in [0, 0.1) is 5.92 Å². The minimum atomic E-state index is 0.0922. The molecule has 1 N–H and O–H groups in total. The first-order valence-electron chi connectivity index (χ1n) is 7.26. The van der Waals surface area contributed by atoms with Crippen molar-refractivity contribution in [1.29, 1.82) is 0 Å². The van der Waals surface area contributed by atoms with Crippen molar-refractivity contribution < 1.29 is 0 Å². The van der Waals surface area contributed by atoms with Crippen LogP contribution in [0.2, 0.25) is 0 Å². The summed E-state index contributed by atoms with van der Waals surface area (Å²) >= 11 is 1.83. The van der Waals surface area contributed by atoms with Gasteiger partial charge in [-0.25, -0.2) is 4.98 Å². The second-order valence-electron chi connectivity index (χ2n) is 6.14. The normalized spacial score (nSPS) is 19.2. The van der Waals surface area contributed by atoms with Crippen LogP contribution in [0.1, 0.15) is 70.0 Å². The van der Waals surface area contributed by atoms with Gasteiger partial charge in [-0.2, -0.15) is 0 Å². The van der Waals surface area contributed by atoms with Gasteiger partial charge in [-0.15, -0.1) is 11.3 Å². The van der Waals surface area contributed by atoms with Crippen LogP contribution in [0.5, 0.6) is 0 Å². The highest BCUT2D eigenvalue weighted by atomic mass is 32.1. The van der Waals surface area contributed by atoms with Crippen LogP contribution in [-0.2, 0) is 5.54 Å². The van der Waals surface area contributed by atoms with Crippen LogP contribution >= 0.6 is 11.3 Å². The fourth-order valence-electron chi connectivity index (χ4n) is 2.34. The Morgan fingerprint density at radius 2 is 2.22 bits per heavy atom. The number of thiazole rings is 1. The van der Waals surface area contributed by atoms with E-state index >= 15 is 0 Å². The fraction of sp³-hybridized carbons (Fsp3) is 0.800. The van der Waals surface area contributed by atoms with Crippen molar-refractivity contribution in [2.75, 3.05) is 6.54 Å². The average Bonchev–Trinajstić information content (AvgIpc) is 2.98. The maximum Gasteiger partial charge on any atom is 0.113 e. The summed E-state index contributed by atoms with van der Waals surface area (Å²) in [6.45, 7) is 10.1. The highest BCUT2D eigenvalue weighted by molar-refractivity contribution is 7.09. The first-order valence-corrected chi connectivity index (χ1v) is 8.14. The molecule has 3 heteroatoms. The molecule has 1 aliphatic rings. The SMILES string of the molecule is CCCNC(C)(CC1CC1)c1nc(C(C)C)cs1. The summed E-state index contributed by atoms with van der Waals surface area (Å²) in [7, 11) is 0. The van der Waals surface area contributed by atoms with Gasteiger partial charge in [0, 0.05) is 5.38 Å².